The van der Waals surface area contributed by atoms with E-state index in [1.165, 1.54) is 6.07 Å². The molecule has 2 rings (SSSR count). The van der Waals surface area contributed by atoms with Crippen LogP contribution in [0.1, 0.15) is 18.5 Å². The average molecular weight is 275 g/mol. The smallest absolute Gasteiger partial charge is 0.330 e. The summed E-state index contributed by atoms with van der Waals surface area (Å²) in [6.45, 7) is 2.45. The van der Waals surface area contributed by atoms with E-state index in [-0.39, 0.29) is 18.5 Å². The number of benzene rings is 1. The number of nitrogen functional groups attached to an aromatic ring is 1. The normalized spacial score (nSPS) is 12.2. The van der Waals surface area contributed by atoms with Crippen molar-refractivity contribution in [2.45, 2.75) is 19.6 Å². The van der Waals surface area contributed by atoms with Crippen LogP contribution < -0.4 is 17.0 Å². The molecule has 0 aliphatic heterocycles. The molecule has 0 radical (unpaired) electrons. The van der Waals surface area contributed by atoms with Crippen LogP contribution in [0, 0.1) is 0 Å². The number of rotatable bonds is 5. The van der Waals surface area contributed by atoms with Gasteiger partial charge in [-0.15, -0.1) is 0 Å². The van der Waals surface area contributed by atoms with Gasteiger partial charge < -0.3 is 10.5 Å². The highest BCUT2D eigenvalue weighted by Crippen LogP contribution is 2.05. The second-order valence-electron chi connectivity index (χ2n) is 4.59. The molecule has 20 heavy (non-hydrogen) atoms. The van der Waals surface area contributed by atoms with Gasteiger partial charge in [0.1, 0.15) is 5.82 Å². The second kappa shape index (κ2) is 6.21. The van der Waals surface area contributed by atoms with Crippen molar-refractivity contribution in [2.75, 3.05) is 12.3 Å². The van der Waals surface area contributed by atoms with Gasteiger partial charge in [-0.2, -0.15) is 0 Å². The maximum atomic E-state index is 11.7. The standard InChI is InChI=1S/C14H17N3O3/c1-10(8-20-9-11-5-3-2-4-6-11)17-13(18)7-12(15)16-14(17)19/h2-7,10H,8-9,15H2,1H3,(H,16,19)/t10-/m1/s1. The van der Waals surface area contributed by atoms with Crippen molar-refractivity contribution in [3.05, 3.63) is 62.8 Å². The minimum absolute atomic E-state index is 0.0636. The lowest BCUT2D eigenvalue weighted by molar-refractivity contribution is 0.0926. The predicted molar refractivity (Wildman–Crippen MR) is 76.5 cm³/mol. The highest BCUT2D eigenvalue weighted by atomic mass is 16.5. The van der Waals surface area contributed by atoms with E-state index in [4.69, 9.17) is 10.5 Å². The van der Waals surface area contributed by atoms with Crippen LogP contribution in [0.5, 0.6) is 0 Å². The fourth-order valence-corrected chi connectivity index (χ4v) is 1.94. The van der Waals surface area contributed by atoms with Crippen molar-refractivity contribution in [1.82, 2.24) is 9.55 Å². The SMILES string of the molecule is C[C@H](COCc1ccccc1)n1c(=O)cc(N)[nH]c1=O. The maximum absolute atomic E-state index is 11.7. The average Bonchev–Trinajstić information content (AvgIpc) is 2.38. The zero-order valence-corrected chi connectivity index (χ0v) is 11.2. The van der Waals surface area contributed by atoms with Crippen LogP contribution in [0.25, 0.3) is 0 Å². The largest absolute Gasteiger partial charge is 0.385 e. The van der Waals surface area contributed by atoms with Gasteiger partial charge in [-0.1, -0.05) is 30.3 Å². The Bertz CT molecular complexity index is 645. The Morgan fingerprint density at radius 1 is 1.30 bits per heavy atom. The first-order valence-electron chi connectivity index (χ1n) is 6.31. The summed E-state index contributed by atoms with van der Waals surface area (Å²) in [5.41, 5.74) is 5.49. The van der Waals surface area contributed by atoms with Crippen molar-refractivity contribution in [1.29, 1.82) is 0 Å². The summed E-state index contributed by atoms with van der Waals surface area (Å²) in [4.78, 5) is 25.8. The number of nitrogens with one attached hydrogen (secondary N) is 1. The van der Waals surface area contributed by atoms with Gasteiger partial charge in [0.15, 0.2) is 0 Å². The molecule has 0 aliphatic carbocycles. The van der Waals surface area contributed by atoms with Crippen LogP contribution in [0.3, 0.4) is 0 Å². The molecule has 106 valence electrons. The van der Waals surface area contributed by atoms with E-state index < -0.39 is 11.2 Å². The molecule has 1 atom stereocenters. The molecule has 0 saturated heterocycles. The lowest BCUT2D eigenvalue weighted by Gasteiger charge is -2.14. The number of anilines is 1. The molecule has 0 fully saturated rings. The van der Waals surface area contributed by atoms with Crippen LogP contribution in [-0.2, 0) is 11.3 Å². The summed E-state index contributed by atoms with van der Waals surface area (Å²) in [6.07, 6.45) is 0. The molecule has 1 aromatic carbocycles. The number of aromatic amines is 1. The summed E-state index contributed by atoms with van der Waals surface area (Å²) in [7, 11) is 0. The van der Waals surface area contributed by atoms with Crippen LogP contribution in [0.2, 0.25) is 0 Å². The van der Waals surface area contributed by atoms with Crippen molar-refractivity contribution < 1.29 is 4.74 Å². The quantitative estimate of drug-likeness (QED) is 0.848. The van der Waals surface area contributed by atoms with Gasteiger partial charge in [-0.3, -0.25) is 14.3 Å². The monoisotopic (exact) mass is 275 g/mol. The summed E-state index contributed by atoms with van der Waals surface area (Å²) < 4.78 is 6.63. The molecular formula is C14H17N3O3. The third-order valence-corrected chi connectivity index (χ3v) is 2.90. The van der Waals surface area contributed by atoms with E-state index in [2.05, 4.69) is 4.98 Å². The molecule has 0 unspecified atom stereocenters. The third-order valence-electron chi connectivity index (χ3n) is 2.90. The summed E-state index contributed by atoms with van der Waals surface area (Å²) in [6, 6.07) is 10.5. The predicted octanol–water partition coefficient (Wildman–Crippen LogP) is 0.897. The molecule has 0 bridgehead atoms. The van der Waals surface area contributed by atoms with E-state index in [0.29, 0.717) is 6.61 Å². The van der Waals surface area contributed by atoms with Crippen molar-refractivity contribution in [3.8, 4) is 0 Å². The molecule has 6 heteroatoms. The number of hydrogen-bond acceptors (Lipinski definition) is 4. The first-order valence-corrected chi connectivity index (χ1v) is 6.31. The Morgan fingerprint density at radius 3 is 2.65 bits per heavy atom. The van der Waals surface area contributed by atoms with Gasteiger partial charge in [0.25, 0.3) is 5.56 Å². The van der Waals surface area contributed by atoms with E-state index in [0.717, 1.165) is 10.1 Å². The summed E-state index contributed by atoms with van der Waals surface area (Å²) >= 11 is 0. The van der Waals surface area contributed by atoms with Crippen LogP contribution >= 0.6 is 0 Å². The minimum Gasteiger partial charge on any atom is -0.385 e. The zero-order valence-electron chi connectivity index (χ0n) is 11.2. The molecule has 6 nitrogen and oxygen atoms in total. The molecule has 3 N–H and O–H groups in total. The Balaban J connectivity index is 2.01. The lowest BCUT2D eigenvalue weighted by atomic mass is 10.2. The second-order valence-corrected chi connectivity index (χ2v) is 4.59. The molecular weight excluding hydrogens is 258 g/mol. The van der Waals surface area contributed by atoms with Gasteiger partial charge >= 0.3 is 5.69 Å². The van der Waals surface area contributed by atoms with Crippen LogP contribution in [0.15, 0.2) is 46.0 Å². The Kier molecular flexibility index (Phi) is 4.37. The van der Waals surface area contributed by atoms with Crippen molar-refractivity contribution >= 4 is 5.82 Å². The molecule has 0 amide bonds. The highest BCUT2D eigenvalue weighted by Gasteiger charge is 2.11. The molecule has 1 heterocycles. The minimum atomic E-state index is -0.522. The molecule has 0 saturated carbocycles. The number of hydrogen-bond donors (Lipinski definition) is 2. The maximum Gasteiger partial charge on any atom is 0.330 e. The number of aromatic nitrogens is 2. The lowest BCUT2D eigenvalue weighted by Crippen LogP contribution is -2.38. The topological polar surface area (TPSA) is 90.1 Å². The number of H-pyrrole nitrogens is 1. The summed E-state index contributed by atoms with van der Waals surface area (Å²) in [5, 5.41) is 0. The van der Waals surface area contributed by atoms with Gasteiger partial charge in [-0.05, 0) is 12.5 Å². The van der Waals surface area contributed by atoms with Gasteiger partial charge in [-0.25, -0.2) is 4.79 Å². The van der Waals surface area contributed by atoms with Gasteiger partial charge in [0, 0.05) is 6.07 Å². The number of ether oxygens (including phenoxy) is 1. The van der Waals surface area contributed by atoms with E-state index in [1.807, 2.05) is 30.3 Å². The van der Waals surface area contributed by atoms with Gasteiger partial charge in [0.05, 0.1) is 19.3 Å². The Labute approximate surface area is 115 Å². The summed E-state index contributed by atoms with van der Waals surface area (Å²) in [5.74, 6) is 0.0636. The number of nitrogens with zero attached hydrogens (tertiary/aromatic N) is 1. The van der Waals surface area contributed by atoms with Crippen LogP contribution in [-0.4, -0.2) is 16.2 Å². The molecule has 0 spiro atoms. The molecule has 2 aromatic rings. The highest BCUT2D eigenvalue weighted by molar-refractivity contribution is 5.23. The number of nitrogens with two attached hydrogens (primary N) is 1. The third kappa shape index (κ3) is 3.36. The van der Waals surface area contributed by atoms with E-state index in [1.54, 1.807) is 6.92 Å². The fourth-order valence-electron chi connectivity index (χ4n) is 1.94. The van der Waals surface area contributed by atoms with E-state index >= 15 is 0 Å². The first kappa shape index (κ1) is 14.1. The van der Waals surface area contributed by atoms with E-state index in [9.17, 15) is 9.59 Å². The zero-order chi connectivity index (χ0) is 14.5. The Hall–Kier alpha value is -2.34. The molecule has 0 aliphatic rings. The Morgan fingerprint density at radius 2 is 2.00 bits per heavy atom. The first-order chi connectivity index (χ1) is 9.58. The van der Waals surface area contributed by atoms with Gasteiger partial charge in [0.2, 0.25) is 0 Å². The van der Waals surface area contributed by atoms with Crippen LogP contribution in [0.4, 0.5) is 5.82 Å². The molecule has 1 aromatic heterocycles. The van der Waals surface area contributed by atoms with Crippen molar-refractivity contribution in [3.63, 3.8) is 0 Å². The fraction of sp³-hybridized carbons (Fsp3) is 0.286. The van der Waals surface area contributed by atoms with Crippen molar-refractivity contribution in [2.24, 2.45) is 0 Å².